The van der Waals surface area contributed by atoms with Crippen molar-refractivity contribution in [2.45, 2.75) is 24.5 Å². The number of anilines is 1. The molecule has 1 N–H and O–H groups in total. The molecule has 142 valence electrons. The number of aliphatic hydroxyl groups is 1. The predicted octanol–water partition coefficient (Wildman–Crippen LogP) is 1.38. The Labute approximate surface area is 154 Å². The summed E-state index contributed by atoms with van der Waals surface area (Å²) in [5.74, 6) is -0.0571. The number of carbonyl (C=O) groups is 1. The maximum atomic E-state index is 13.4. The highest BCUT2D eigenvalue weighted by atomic mass is 16.5. The number of carbonyl (C=O) groups excluding carboxylic acids is 1. The lowest BCUT2D eigenvalue weighted by Gasteiger charge is -2.57. The van der Waals surface area contributed by atoms with Gasteiger partial charge in [0.2, 0.25) is 0 Å². The Morgan fingerprint density at radius 1 is 1.27 bits per heavy atom. The van der Waals surface area contributed by atoms with Crippen LogP contribution in [0.4, 0.5) is 5.69 Å². The minimum Gasteiger partial charge on any atom is -0.389 e. The number of amides is 1. The van der Waals surface area contributed by atoms with E-state index in [4.69, 9.17) is 9.47 Å². The molecule has 0 bridgehead atoms. The molecule has 6 nitrogen and oxygen atoms in total. The third-order valence-electron chi connectivity index (χ3n) is 6.32. The van der Waals surface area contributed by atoms with Gasteiger partial charge in [-0.1, -0.05) is 6.07 Å². The minimum absolute atomic E-state index is 0.0265. The lowest BCUT2D eigenvalue weighted by Crippen LogP contribution is -2.68. The Balaban J connectivity index is 1.65. The number of rotatable bonds is 2. The second-order valence-electron chi connectivity index (χ2n) is 7.95. The number of hydrogen-bond acceptors (Lipinski definition) is 5. The fourth-order valence-electron chi connectivity index (χ4n) is 4.78. The van der Waals surface area contributed by atoms with Crippen molar-refractivity contribution in [3.05, 3.63) is 29.8 Å². The first-order valence-corrected chi connectivity index (χ1v) is 9.47. The molecule has 4 atom stereocenters. The maximum absolute atomic E-state index is 13.4. The molecular weight excluding hydrogens is 332 g/mol. The van der Waals surface area contributed by atoms with Crippen LogP contribution in [0.2, 0.25) is 0 Å². The summed E-state index contributed by atoms with van der Waals surface area (Å²) in [4.78, 5) is 17.3. The van der Waals surface area contributed by atoms with Crippen LogP contribution < -0.4 is 4.90 Å². The van der Waals surface area contributed by atoms with E-state index in [-0.39, 0.29) is 23.8 Å². The molecule has 1 aromatic rings. The van der Waals surface area contributed by atoms with E-state index >= 15 is 0 Å². The topological polar surface area (TPSA) is 62.2 Å². The first-order chi connectivity index (χ1) is 12.5. The zero-order valence-electron chi connectivity index (χ0n) is 15.6. The van der Waals surface area contributed by atoms with Crippen molar-refractivity contribution in [1.29, 1.82) is 0 Å². The highest BCUT2D eigenvalue weighted by molar-refractivity contribution is 5.95. The summed E-state index contributed by atoms with van der Waals surface area (Å²) in [6.45, 7) is 2.78. The fourth-order valence-corrected chi connectivity index (χ4v) is 4.78. The Kier molecular flexibility index (Phi) is 4.67. The van der Waals surface area contributed by atoms with Gasteiger partial charge in [0.1, 0.15) is 0 Å². The largest absolute Gasteiger partial charge is 0.389 e. The van der Waals surface area contributed by atoms with E-state index in [2.05, 4.69) is 0 Å². The second kappa shape index (κ2) is 6.83. The smallest absolute Gasteiger partial charge is 0.254 e. The summed E-state index contributed by atoms with van der Waals surface area (Å²) in [5.41, 5.74) is 0.920. The molecule has 0 saturated carbocycles. The minimum atomic E-state index is -0.786. The van der Waals surface area contributed by atoms with Crippen molar-refractivity contribution in [2.24, 2.45) is 11.8 Å². The quantitative estimate of drug-likeness (QED) is 0.863. The van der Waals surface area contributed by atoms with Crippen molar-refractivity contribution in [3.63, 3.8) is 0 Å². The average molecular weight is 360 g/mol. The van der Waals surface area contributed by atoms with E-state index < -0.39 is 5.60 Å². The lowest BCUT2D eigenvalue weighted by atomic mass is 9.66. The molecule has 4 rings (SSSR count). The molecule has 6 heteroatoms. The second-order valence-corrected chi connectivity index (χ2v) is 7.95. The van der Waals surface area contributed by atoms with E-state index in [1.54, 1.807) is 0 Å². The molecule has 0 aliphatic carbocycles. The summed E-state index contributed by atoms with van der Waals surface area (Å²) in [5, 5.41) is 11.4. The van der Waals surface area contributed by atoms with Crippen LogP contribution >= 0.6 is 0 Å². The van der Waals surface area contributed by atoms with E-state index in [0.29, 0.717) is 45.0 Å². The zero-order chi connectivity index (χ0) is 18.3. The average Bonchev–Trinajstić information content (AvgIpc) is 2.67. The first kappa shape index (κ1) is 17.8. The number of ether oxygens (including phenoxy) is 2. The summed E-state index contributed by atoms with van der Waals surface area (Å²) in [6.07, 6.45) is 1.40. The number of piperidine rings is 1. The molecule has 3 fully saturated rings. The molecule has 3 aliphatic rings. The molecule has 1 aromatic carbocycles. The Bertz CT molecular complexity index is 680. The van der Waals surface area contributed by atoms with Crippen LogP contribution in [-0.4, -0.2) is 74.6 Å². The summed E-state index contributed by atoms with van der Waals surface area (Å²) >= 11 is 0. The van der Waals surface area contributed by atoms with Gasteiger partial charge in [-0.3, -0.25) is 4.79 Å². The highest BCUT2D eigenvalue weighted by Crippen LogP contribution is 2.44. The monoisotopic (exact) mass is 360 g/mol. The molecule has 26 heavy (non-hydrogen) atoms. The predicted molar refractivity (Wildman–Crippen MR) is 98.4 cm³/mol. The van der Waals surface area contributed by atoms with E-state index in [9.17, 15) is 9.90 Å². The summed E-state index contributed by atoms with van der Waals surface area (Å²) in [6, 6.07) is 7.77. The SMILES string of the molecule is CN(C)c1cccc(C(=O)N2C[C@H]3COCC[C@@]3(O)[C@@H]3COCC[C@@H]32)c1. The van der Waals surface area contributed by atoms with Crippen LogP contribution in [0, 0.1) is 11.8 Å². The molecule has 0 spiro atoms. The van der Waals surface area contributed by atoms with Crippen molar-refractivity contribution >= 4 is 11.6 Å². The van der Waals surface area contributed by atoms with Crippen LogP contribution in [0.15, 0.2) is 24.3 Å². The van der Waals surface area contributed by atoms with Gasteiger partial charge in [-0.25, -0.2) is 0 Å². The molecule has 0 radical (unpaired) electrons. The Morgan fingerprint density at radius 3 is 2.88 bits per heavy atom. The van der Waals surface area contributed by atoms with Crippen LogP contribution in [0.1, 0.15) is 23.2 Å². The molecule has 3 saturated heterocycles. The van der Waals surface area contributed by atoms with Gasteiger partial charge in [0.15, 0.2) is 0 Å². The Morgan fingerprint density at radius 2 is 2.08 bits per heavy atom. The normalized spacial score (nSPS) is 34.0. The fraction of sp³-hybridized carbons (Fsp3) is 0.650. The van der Waals surface area contributed by atoms with Crippen molar-refractivity contribution in [2.75, 3.05) is 52.0 Å². The van der Waals surface area contributed by atoms with Crippen LogP contribution in [-0.2, 0) is 9.47 Å². The van der Waals surface area contributed by atoms with Gasteiger partial charge in [0, 0.05) is 69.4 Å². The third kappa shape index (κ3) is 2.90. The van der Waals surface area contributed by atoms with Gasteiger partial charge < -0.3 is 24.4 Å². The lowest BCUT2D eigenvalue weighted by molar-refractivity contribution is -0.212. The van der Waals surface area contributed by atoms with E-state index in [1.165, 1.54) is 0 Å². The number of likely N-dealkylation sites (tertiary alicyclic amines) is 1. The van der Waals surface area contributed by atoms with Gasteiger partial charge >= 0.3 is 0 Å². The van der Waals surface area contributed by atoms with E-state index in [1.807, 2.05) is 48.2 Å². The summed E-state index contributed by atoms with van der Waals surface area (Å²) < 4.78 is 11.3. The molecule has 1 amide bonds. The Hall–Kier alpha value is -1.63. The molecular formula is C20H28N2O4. The maximum Gasteiger partial charge on any atom is 0.254 e. The highest BCUT2D eigenvalue weighted by Gasteiger charge is 2.56. The number of nitrogens with zero attached hydrogens (tertiary/aromatic N) is 2. The van der Waals surface area contributed by atoms with Crippen LogP contribution in [0.3, 0.4) is 0 Å². The van der Waals surface area contributed by atoms with Crippen molar-refractivity contribution in [3.8, 4) is 0 Å². The molecule has 0 unspecified atom stereocenters. The number of hydrogen-bond donors (Lipinski definition) is 1. The first-order valence-electron chi connectivity index (χ1n) is 9.47. The molecule has 3 aliphatic heterocycles. The summed E-state index contributed by atoms with van der Waals surface area (Å²) in [7, 11) is 3.94. The number of benzene rings is 1. The van der Waals surface area contributed by atoms with Crippen LogP contribution in [0.5, 0.6) is 0 Å². The zero-order valence-corrected chi connectivity index (χ0v) is 15.6. The van der Waals surface area contributed by atoms with Crippen molar-refractivity contribution in [1.82, 2.24) is 4.90 Å². The standard InChI is InChI=1S/C20H28N2O4/c1-21(2)16-5-3-4-14(10-16)19(23)22-11-15-12-26-9-7-20(15,24)17-13-25-8-6-18(17)22/h3-5,10,15,17-18,24H,6-9,11-13H2,1-2H3/t15-,17+,18-,20-/m0/s1. The molecule has 3 heterocycles. The van der Waals surface area contributed by atoms with Gasteiger partial charge in [0.05, 0.1) is 18.8 Å². The van der Waals surface area contributed by atoms with Gasteiger partial charge in [0.25, 0.3) is 5.91 Å². The third-order valence-corrected chi connectivity index (χ3v) is 6.32. The van der Waals surface area contributed by atoms with E-state index in [0.717, 1.165) is 12.1 Å². The van der Waals surface area contributed by atoms with Gasteiger partial charge in [-0.2, -0.15) is 0 Å². The van der Waals surface area contributed by atoms with Crippen LogP contribution in [0.25, 0.3) is 0 Å². The number of fused-ring (bicyclic) bond motifs is 3. The van der Waals surface area contributed by atoms with Crippen molar-refractivity contribution < 1.29 is 19.4 Å². The van der Waals surface area contributed by atoms with Gasteiger partial charge in [-0.15, -0.1) is 0 Å². The van der Waals surface area contributed by atoms with Gasteiger partial charge in [-0.05, 0) is 24.6 Å². The molecule has 0 aromatic heterocycles.